The van der Waals surface area contributed by atoms with Crippen molar-refractivity contribution in [3.05, 3.63) is 93.5 Å². The molecule has 0 saturated heterocycles. The molecule has 2 N–H and O–H groups in total. The SMILES string of the molecule is Cn1nc(C(F)(F)F)cc(-c2nccc3c(C[C@H](NC(=O)c4c(F)cccc4F)C(=O)O)cccc23)c1=O. The van der Waals surface area contributed by atoms with Crippen molar-refractivity contribution in [2.24, 2.45) is 7.05 Å². The number of hydrogen-bond acceptors (Lipinski definition) is 5. The van der Waals surface area contributed by atoms with Crippen LogP contribution < -0.4 is 10.9 Å². The molecule has 1 amide bonds. The van der Waals surface area contributed by atoms with Crippen LogP contribution in [0.3, 0.4) is 0 Å². The summed E-state index contributed by atoms with van der Waals surface area (Å²) < 4.78 is 68.5. The van der Waals surface area contributed by atoms with Crippen LogP contribution in [0.25, 0.3) is 22.0 Å². The van der Waals surface area contributed by atoms with E-state index in [-0.39, 0.29) is 23.1 Å². The lowest BCUT2D eigenvalue weighted by molar-refractivity contribution is -0.142. The Hall–Kier alpha value is -4.68. The second kappa shape index (κ2) is 10.00. The van der Waals surface area contributed by atoms with E-state index in [1.807, 2.05) is 0 Å². The number of carboxylic acids is 1. The average Bonchev–Trinajstić information content (AvgIpc) is 2.84. The minimum absolute atomic E-state index is 0.0952. The van der Waals surface area contributed by atoms with Crippen LogP contribution in [-0.4, -0.2) is 37.8 Å². The molecule has 0 aliphatic rings. The first-order chi connectivity index (χ1) is 17.9. The maximum atomic E-state index is 14.0. The topological polar surface area (TPSA) is 114 Å². The zero-order valence-corrected chi connectivity index (χ0v) is 19.4. The number of amides is 1. The van der Waals surface area contributed by atoms with Gasteiger partial charge in [-0.15, -0.1) is 0 Å². The fourth-order valence-corrected chi connectivity index (χ4v) is 3.95. The summed E-state index contributed by atoms with van der Waals surface area (Å²) in [6.07, 6.45) is -3.96. The second-order valence-electron chi connectivity index (χ2n) is 8.21. The van der Waals surface area contributed by atoms with E-state index in [1.54, 1.807) is 0 Å². The van der Waals surface area contributed by atoms with Crippen molar-refractivity contribution < 1.29 is 36.6 Å². The minimum Gasteiger partial charge on any atom is -0.480 e. The minimum atomic E-state index is -4.83. The van der Waals surface area contributed by atoms with Crippen LogP contribution in [0, 0.1) is 11.6 Å². The largest absolute Gasteiger partial charge is 0.480 e. The van der Waals surface area contributed by atoms with Gasteiger partial charge in [0.2, 0.25) is 0 Å². The molecular formula is C25H17F5N4O4. The quantitative estimate of drug-likeness (QED) is 0.366. The highest BCUT2D eigenvalue weighted by Gasteiger charge is 2.34. The van der Waals surface area contributed by atoms with Gasteiger partial charge in [-0.1, -0.05) is 24.3 Å². The van der Waals surface area contributed by atoms with Crippen molar-refractivity contribution in [3.63, 3.8) is 0 Å². The number of aromatic nitrogens is 3. The smallest absolute Gasteiger partial charge is 0.435 e. The number of rotatable bonds is 6. The summed E-state index contributed by atoms with van der Waals surface area (Å²) in [5, 5.41) is 15.6. The lowest BCUT2D eigenvalue weighted by Crippen LogP contribution is -2.43. The Kier molecular flexibility index (Phi) is 6.94. The molecule has 4 aromatic rings. The number of carbonyl (C=O) groups is 2. The van der Waals surface area contributed by atoms with Gasteiger partial charge >= 0.3 is 12.1 Å². The molecule has 1 atom stereocenters. The number of halogens is 5. The van der Waals surface area contributed by atoms with Gasteiger partial charge in [0.15, 0.2) is 5.69 Å². The van der Waals surface area contributed by atoms with E-state index >= 15 is 0 Å². The Morgan fingerprint density at radius 3 is 2.34 bits per heavy atom. The van der Waals surface area contributed by atoms with Crippen molar-refractivity contribution >= 4 is 22.6 Å². The van der Waals surface area contributed by atoms with E-state index in [0.29, 0.717) is 21.7 Å². The fraction of sp³-hybridized carbons (Fsp3) is 0.160. The normalized spacial score (nSPS) is 12.4. The number of nitrogens with one attached hydrogen (secondary N) is 1. The van der Waals surface area contributed by atoms with Gasteiger partial charge in [-0.3, -0.25) is 14.6 Å². The molecule has 0 aliphatic carbocycles. The molecule has 196 valence electrons. The number of fused-ring (bicyclic) bond motifs is 1. The summed E-state index contributed by atoms with van der Waals surface area (Å²) in [5.74, 6) is -5.14. The first kappa shape index (κ1) is 26.4. The molecule has 0 fully saturated rings. The molecule has 0 radical (unpaired) electrons. The lowest BCUT2D eigenvalue weighted by atomic mass is 9.96. The predicted molar refractivity (Wildman–Crippen MR) is 124 cm³/mol. The van der Waals surface area contributed by atoms with Gasteiger partial charge in [-0.25, -0.2) is 18.3 Å². The average molecular weight is 532 g/mol. The highest BCUT2D eigenvalue weighted by atomic mass is 19.4. The third kappa shape index (κ3) is 5.08. The van der Waals surface area contributed by atoms with Crippen LogP contribution in [0.15, 0.2) is 59.5 Å². The van der Waals surface area contributed by atoms with Gasteiger partial charge in [0.25, 0.3) is 11.5 Å². The van der Waals surface area contributed by atoms with Gasteiger partial charge < -0.3 is 10.4 Å². The highest BCUT2D eigenvalue weighted by molar-refractivity contribution is 5.98. The molecule has 0 aliphatic heterocycles. The van der Waals surface area contributed by atoms with Gasteiger partial charge in [-0.05, 0) is 35.2 Å². The van der Waals surface area contributed by atoms with Crippen molar-refractivity contribution in [1.29, 1.82) is 0 Å². The molecule has 2 aromatic heterocycles. The first-order valence-corrected chi connectivity index (χ1v) is 10.9. The van der Waals surface area contributed by atoms with Crippen LogP contribution in [-0.2, 0) is 24.4 Å². The van der Waals surface area contributed by atoms with Crippen LogP contribution in [0.2, 0.25) is 0 Å². The number of aliphatic carboxylic acids is 1. The molecule has 0 unspecified atom stereocenters. The Labute approximate surface area is 210 Å². The molecule has 2 heterocycles. The number of benzene rings is 2. The summed E-state index contributed by atoms with van der Waals surface area (Å²) in [6, 6.07) is 7.61. The highest BCUT2D eigenvalue weighted by Crippen LogP contribution is 2.32. The second-order valence-corrected chi connectivity index (χ2v) is 8.21. The molecule has 0 spiro atoms. The van der Waals surface area contributed by atoms with Crippen molar-refractivity contribution in [2.75, 3.05) is 0 Å². The summed E-state index contributed by atoms with van der Waals surface area (Å²) in [4.78, 5) is 41.1. The number of hydrogen-bond donors (Lipinski definition) is 2. The van der Waals surface area contributed by atoms with Gasteiger partial charge in [0.1, 0.15) is 23.2 Å². The van der Waals surface area contributed by atoms with Crippen LogP contribution in [0.1, 0.15) is 21.6 Å². The molecule has 13 heteroatoms. The van der Waals surface area contributed by atoms with E-state index in [0.717, 1.165) is 25.2 Å². The molecule has 0 bridgehead atoms. The maximum Gasteiger partial charge on any atom is 0.435 e. The van der Waals surface area contributed by atoms with Crippen LogP contribution in [0.4, 0.5) is 22.0 Å². The van der Waals surface area contributed by atoms with Crippen LogP contribution in [0.5, 0.6) is 0 Å². The lowest BCUT2D eigenvalue weighted by Gasteiger charge is -2.17. The number of nitrogens with zero attached hydrogens (tertiary/aromatic N) is 3. The van der Waals surface area contributed by atoms with Crippen LogP contribution >= 0.6 is 0 Å². The third-order valence-corrected chi connectivity index (χ3v) is 5.72. The standard InChI is InChI=1S/C25H17F5N4O4/c1-34-23(36)15(11-19(33-34)25(28,29)30)21-14-5-2-4-12(13(14)8-9-31-21)10-18(24(37)38)32-22(35)20-16(26)6-3-7-17(20)27/h2-9,11,18H,10H2,1H3,(H,32,35)(H,37,38)/t18-/m0/s1. The van der Waals surface area contributed by atoms with Gasteiger partial charge in [-0.2, -0.15) is 18.3 Å². The van der Waals surface area contributed by atoms with Crippen molar-refractivity contribution in [3.8, 4) is 11.3 Å². The van der Waals surface area contributed by atoms with E-state index in [9.17, 15) is 41.4 Å². The van der Waals surface area contributed by atoms with E-state index in [2.05, 4.69) is 15.4 Å². The fourth-order valence-electron chi connectivity index (χ4n) is 3.95. The Morgan fingerprint density at radius 1 is 1.05 bits per heavy atom. The van der Waals surface area contributed by atoms with Gasteiger partial charge in [0.05, 0.1) is 11.3 Å². The zero-order chi connectivity index (χ0) is 27.8. The number of carbonyl (C=O) groups excluding carboxylic acids is 1. The molecule has 38 heavy (non-hydrogen) atoms. The Balaban J connectivity index is 1.76. The number of alkyl halides is 3. The Morgan fingerprint density at radius 2 is 1.71 bits per heavy atom. The summed E-state index contributed by atoms with van der Waals surface area (Å²) >= 11 is 0. The van der Waals surface area contributed by atoms with E-state index in [4.69, 9.17) is 0 Å². The van der Waals surface area contributed by atoms with E-state index < -0.39 is 52.5 Å². The zero-order valence-electron chi connectivity index (χ0n) is 19.4. The number of pyridine rings is 1. The molecule has 0 saturated carbocycles. The number of carboxylic acid groups (broad SMARTS) is 1. The molecule has 8 nitrogen and oxygen atoms in total. The predicted octanol–water partition coefficient (Wildman–Crippen LogP) is 3.72. The third-order valence-electron chi connectivity index (χ3n) is 5.72. The number of aryl methyl sites for hydroxylation is 1. The molecule has 2 aromatic carbocycles. The summed E-state index contributed by atoms with van der Waals surface area (Å²) in [5.41, 5.74) is -3.26. The summed E-state index contributed by atoms with van der Waals surface area (Å²) in [7, 11) is 1.07. The first-order valence-electron chi connectivity index (χ1n) is 10.9. The maximum absolute atomic E-state index is 14.0. The van der Waals surface area contributed by atoms with Crippen molar-refractivity contribution in [2.45, 2.75) is 18.6 Å². The summed E-state index contributed by atoms with van der Waals surface area (Å²) in [6.45, 7) is 0. The molecule has 4 rings (SSSR count). The Bertz CT molecular complexity index is 1610. The monoisotopic (exact) mass is 532 g/mol. The van der Waals surface area contributed by atoms with Gasteiger partial charge in [0, 0.05) is 25.1 Å². The van der Waals surface area contributed by atoms with E-state index in [1.165, 1.54) is 30.5 Å². The molecular weight excluding hydrogens is 515 g/mol. The van der Waals surface area contributed by atoms with Crippen molar-refractivity contribution in [1.82, 2.24) is 20.1 Å².